The molecule has 17 heavy (non-hydrogen) atoms. The molecule has 1 fully saturated rings. The second-order valence-corrected chi connectivity index (χ2v) is 5.23. The first-order valence-electron chi connectivity index (χ1n) is 6.09. The first-order chi connectivity index (χ1) is 8.34. The summed E-state index contributed by atoms with van der Waals surface area (Å²) in [5.74, 6) is 0.996. The van der Waals surface area contributed by atoms with Crippen LogP contribution < -0.4 is 5.32 Å². The first kappa shape index (κ1) is 12.8. The molecule has 2 heterocycles. The zero-order valence-electron chi connectivity index (χ0n) is 10.2. The molecular weight excluding hydrogens is 234 g/mol. The number of aryl methyl sites for hydroxylation is 1. The number of hydrogen-bond donors (Lipinski definition) is 1. The van der Waals surface area contributed by atoms with Crippen molar-refractivity contribution in [3.8, 4) is 0 Å². The van der Waals surface area contributed by atoms with Gasteiger partial charge < -0.3 is 10.1 Å². The molecule has 94 valence electrons. The van der Waals surface area contributed by atoms with E-state index >= 15 is 0 Å². The Balaban J connectivity index is 1.56. The maximum atomic E-state index is 5.54. The molecule has 5 heteroatoms. The highest BCUT2D eigenvalue weighted by molar-refractivity contribution is 7.99. The summed E-state index contributed by atoms with van der Waals surface area (Å²) in [5, 5.41) is 4.28. The van der Waals surface area contributed by atoms with Gasteiger partial charge in [-0.05, 0) is 25.8 Å². The van der Waals surface area contributed by atoms with Crippen molar-refractivity contribution in [1.82, 2.24) is 15.3 Å². The third-order valence-electron chi connectivity index (χ3n) is 2.68. The lowest BCUT2D eigenvalue weighted by Gasteiger charge is -2.09. The molecule has 1 aliphatic rings. The standard InChI is InChI=1S/C12H19N3OS/c1-10-4-5-14-12(15-10)17-8-6-13-9-11-3-2-7-16-11/h4-5,11,13H,2-3,6-9H2,1H3. The summed E-state index contributed by atoms with van der Waals surface area (Å²) < 4.78 is 5.54. The third-order valence-corrected chi connectivity index (χ3v) is 3.54. The van der Waals surface area contributed by atoms with Crippen molar-refractivity contribution < 1.29 is 4.74 Å². The highest BCUT2D eigenvalue weighted by atomic mass is 32.2. The van der Waals surface area contributed by atoms with Gasteiger partial charge in [0.05, 0.1) is 6.10 Å². The van der Waals surface area contributed by atoms with Gasteiger partial charge >= 0.3 is 0 Å². The lowest BCUT2D eigenvalue weighted by atomic mass is 10.2. The monoisotopic (exact) mass is 253 g/mol. The summed E-state index contributed by atoms with van der Waals surface area (Å²) in [6.45, 7) is 4.86. The average molecular weight is 253 g/mol. The van der Waals surface area contributed by atoms with Gasteiger partial charge in [0, 0.05) is 37.3 Å². The molecule has 1 atom stereocenters. The maximum absolute atomic E-state index is 5.54. The molecule has 0 aliphatic carbocycles. The van der Waals surface area contributed by atoms with Crippen LogP contribution in [0.3, 0.4) is 0 Å². The van der Waals surface area contributed by atoms with Crippen molar-refractivity contribution >= 4 is 11.8 Å². The van der Waals surface area contributed by atoms with Crippen molar-refractivity contribution in [2.75, 3.05) is 25.4 Å². The van der Waals surface area contributed by atoms with Gasteiger partial charge in [0.25, 0.3) is 0 Å². The summed E-state index contributed by atoms with van der Waals surface area (Å²) in [5.41, 5.74) is 1.02. The smallest absolute Gasteiger partial charge is 0.187 e. The number of ether oxygens (including phenoxy) is 1. The lowest BCUT2D eigenvalue weighted by molar-refractivity contribution is 0.110. The van der Waals surface area contributed by atoms with E-state index in [1.807, 2.05) is 19.2 Å². The highest BCUT2D eigenvalue weighted by Gasteiger charge is 2.14. The fraction of sp³-hybridized carbons (Fsp3) is 0.667. The minimum atomic E-state index is 0.426. The molecule has 2 rings (SSSR count). The third kappa shape index (κ3) is 4.61. The molecule has 1 aromatic heterocycles. The minimum absolute atomic E-state index is 0.426. The number of nitrogens with zero attached hydrogens (tertiary/aromatic N) is 2. The Morgan fingerprint density at radius 1 is 1.59 bits per heavy atom. The van der Waals surface area contributed by atoms with E-state index in [-0.39, 0.29) is 0 Å². The molecule has 0 spiro atoms. The van der Waals surface area contributed by atoms with Crippen molar-refractivity contribution in [3.05, 3.63) is 18.0 Å². The number of hydrogen-bond acceptors (Lipinski definition) is 5. The number of aromatic nitrogens is 2. The second kappa shape index (κ2) is 6.93. The van der Waals surface area contributed by atoms with Gasteiger partial charge in [0.15, 0.2) is 5.16 Å². The predicted octanol–water partition coefficient (Wildman–Crippen LogP) is 1.65. The van der Waals surface area contributed by atoms with Gasteiger partial charge in [-0.25, -0.2) is 9.97 Å². The Labute approximate surface area is 107 Å². The lowest BCUT2D eigenvalue weighted by Crippen LogP contribution is -2.27. The van der Waals surface area contributed by atoms with E-state index in [4.69, 9.17) is 4.74 Å². The van der Waals surface area contributed by atoms with Crippen LogP contribution in [-0.2, 0) is 4.74 Å². The van der Waals surface area contributed by atoms with Gasteiger partial charge in [-0.2, -0.15) is 0 Å². The van der Waals surface area contributed by atoms with Crippen molar-refractivity contribution in [2.24, 2.45) is 0 Å². The Kier molecular flexibility index (Phi) is 5.22. The highest BCUT2D eigenvalue weighted by Crippen LogP contribution is 2.12. The molecule has 0 bridgehead atoms. The summed E-state index contributed by atoms with van der Waals surface area (Å²) in [4.78, 5) is 8.56. The largest absolute Gasteiger partial charge is 0.377 e. The van der Waals surface area contributed by atoms with E-state index in [0.29, 0.717) is 6.10 Å². The summed E-state index contributed by atoms with van der Waals surface area (Å²) in [6, 6.07) is 1.92. The first-order valence-corrected chi connectivity index (χ1v) is 7.08. The van der Waals surface area contributed by atoms with Crippen LogP contribution in [0, 0.1) is 6.92 Å². The molecule has 1 unspecified atom stereocenters. The van der Waals surface area contributed by atoms with Gasteiger partial charge in [-0.15, -0.1) is 0 Å². The van der Waals surface area contributed by atoms with Crippen LogP contribution in [0.2, 0.25) is 0 Å². The van der Waals surface area contributed by atoms with Crippen LogP contribution in [0.25, 0.3) is 0 Å². The zero-order valence-corrected chi connectivity index (χ0v) is 11.0. The Hall–Kier alpha value is -0.650. The van der Waals surface area contributed by atoms with Crippen LogP contribution >= 0.6 is 11.8 Å². The van der Waals surface area contributed by atoms with E-state index < -0.39 is 0 Å². The molecule has 0 radical (unpaired) electrons. The van der Waals surface area contributed by atoms with E-state index in [1.165, 1.54) is 12.8 Å². The molecule has 1 aromatic rings. The minimum Gasteiger partial charge on any atom is -0.377 e. The average Bonchev–Trinajstić information content (AvgIpc) is 2.82. The predicted molar refractivity (Wildman–Crippen MR) is 69.3 cm³/mol. The summed E-state index contributed by atoms with van der Waals surface area (Å²) in [7, 11) is 0. The topological polar surface area (TPSA) is 47.0 Å². The number of nitrogens with one attached hydrogen (secondary N) is 1. The zero-order chi connectivity index (χ0) is 11.9. The van der Waals surface area contributed by atoms with Crippen LogP contribution in [0.4, 0.5) is 0 Å². The maximum Gasteiger partial charge on any atom is 0.187 e. The fourth-order valence-electron chi connectivity index (χ4n) is 1.78. The van der Waals surface area contributed by atoms with Gasteiger partial charge in [0.2, 0.25) is 0 Å². The van der Waals surface area contributed by atoms with E-state index in [9.17, 15) is 0 Å². The molecule has 0 saturated carbocycles. The molecule has 0 amide bonds. The quantitative estimate of drug-likeness (QED) is 0.474. The Morgan fingerprint density at radius 2 is 2.53 bits per heavy atom. The van der Waals surface area contributed by atoms with Crippen LogP contribution in [0.1, 0.15) is 18.5 Å². The van der Waals surface area contributed by atoms with Crippen molar-refractivity contribution in [1.29, 1.82) is 0 Å². The number of thioether (sulfide) groups is 1. The van der Waals surface area contributed by atoms with Gasteiger partial charge in [-0.3, -0.25) is 0 Å². The Bertz CT molecular complexity index is 342. The Morgan fingerprint density at radius 3 is 3.29 bits per heavy atom. The van der Waals surface area contributed by atoms with Crippen molar-refractivity contribution in [2.45, 2.75) is 31.0 Å². The number of rotatable bonds is 6. The summed E-state index contributed by atoms with van der Waals surface area (Å²) in [6.07, 6.45) is 4.64. The van der Waals surface area contributed by atoms with E-state index in [0.717, 1.165) is 36.3 Å². The normalized spacial score (nSPS) is 19.7. The molecule has 0 aromatic carbocycles. The van der Waals surface area contributed by atoms with Crippen LogP contribution in [-0.4, -0.2) is 41.5 Å². The molecular formula is C12H19N3OS. The van der Waals surface area contributed by atoms with E-state index in [2.05, 4.69) is 15.3 Å². The van der Waals surface area contributed by atoms with Crippen molar-refractivity contribution in [3.63, 3.8) is 0 Å². The molecule has 1 saturated heterocycles. The van der Waals surface area contributed by atoms with Gasteiger partial charge in [-0.1, -0.05) is 11.8 Å². The van der Waals surface area contributed by atoms with E-state index in [1.54, 1.807) is 11.8 Å². The summed E-state index contributed by atoms with van der Waals surface area (Å²) >= 11 is 1.69. The van der Waals surface area contributed by atoms with Gasteiger partial charge in [0.1, 0.15) is 0 Å². The second-order valence-electron chi connectivity index (χ2n) is 4.17. The SMILES string of the molecule is Cc1ccnc(SCCNCC2CCCO2)n1. The molecule has 1 N–H and O–H groups in total. The van der Waals surface area contributed by atoms with Crippen LogP contribution in [0.15, 0.2) is 17.4 Å². The molecule has 4 nitrogen and oxygen atoms in total. The fourth-order valence-corrected chi connectivity index (χ4v) is 2.55. The van der Waals surface area contributed by atoms with Crippen LogP contribution in [0.5, 0.6) is 0 Å². The molecule has 1 aliphatic heterocycles.